The summed E-state index contributed by atoms with van der Waals surface area (Å²) in [4.78, 5) is 16.6. The molecule has 6 heteroatoms. The Hall–Kier alpha value is -3.28. The number of aryl methyl sites for hydroxylation is 3. The van der Waals surface area contributed by atoms with Crippen LogP contribution in [0.3, 0.4) is 0 Å². The maximum atomic E-state index is 12.3. The highest BCUT2D eigenvalue weighted by molar-refractivity contribution is 5.94. The number of hydrogen-bond donors (Lipinski definition) is 1. The third-order valence-electron chi connectivity index (χ3n) is 3.90. The van der Waals surface area contributed by atoms with Gasteiger partial charge >= 0.3 is 0 Å². The first-order valence-electron chi connectivity index (χ1n) is 8.38. The lowest BCUT2D eigenvalue weighted by Gasteiger charge is -2.06. The number of hydrazone groups is 1. The number of benzene rings is 1. The molecule has 3 rings (SSSR count). The van der Waals surface area contributed by atoms with Crippen molar-refractivity contribution in [3.05, 3.63) is 82.4 Å². The van der Waals surface area contributed by atoms with Crippen LogP contribution in [0.5, 0.6) is 0 Å². The summed E-state index contributed by atoms with van der Waals surface area (Å²) >= 11 is 0. The van der Waals surface area contributed by atoms with E-state index in [1.807, 2.05) is 67.9 Å². The van der Waals surface area contributed by atoms with E-state index in [9.17, 15) is 4.79 Å². The molecular formula is C20H21N5O. The van der Waals surface area contributed by atoms with Gasteiger partial charge in [-0.15, -0.1) is 0 Å². The van der Waals surface area contributed by atoms with Crippen LogP contribution < -0.4 is 5.43 Å². The van der Waals surface area contributed by atoms with E-state index in [4.69, 9.17) is 0 Å². The van der Waals surface area contributed by atoms with Crippen molar-refractivity contribution in [1.82, 2.24) is 20.2 Å². The van der Waals surface area contributed by atoms with Crippen molar-refractivity contribution in [2.24, 2.45) is 5.10 Å². The van der Waals surface area contributed by atoms with Gasteiger partial charge in [-0.2, -0.15) is 10.2 Å². The maximum Gasteiger partial charge on any atom is 0.271 e. The monoisotopic (exact) mass is 347 g/mol. The normalized spacial score (nSPS) is 11.0. The molecule has 3 aromatic rings. The summed E-state index contributed by atoms with van der Waals surface area (Å²) < 4.78 is 1.92. The third kappa shape index (κ3) is 4.42. The van der Waals surface area contributed by atoms with Crippen molar-refractivity contribution >= 4 is 12.1 Å². The molecule has 132 valence electrons. The van der Waals surface area contributed by atoms with Crippen molar-refractivity contribution < 1.29 is 4.79 Å². The predicted molar refractivity (Wildman–Crippen MR) is 101 cm³/mol. The summed E-state index contributed by atoms with van der Waals surface area (Å²) in [5.74, 6) is -0.260. The van der Waals surface area contributed by atoms with Gasteiger partial charge in [0.25, 0.3) is 5.91 Å². The number of aromatic nitrogens is 3. The molecule has 6 nitrogen and oxygen atoms in total. The molecule has 0 bridgehead atoms. The Kier molecular flexibility index (Phi) is 5.22. The number of carbonyl (C=O) groups excluding carboxylic acids is 1. The minimum absolute atomic E-state index is 0.260. The first kappa shape index (κ1) is 17.5. The Labute approximate surface area is 152 Å². The summed E-state index contributed by atoms with van der Waals surface area (Å²) in [7, 11) is 0. The first-order valence-corrected chi connectivity index (χ1v) is 8.38. The summed E-state index contributed by atoms with van der Waals surface area (Å²) in [6.45, 7) is 6.51. The fraction of sp³-hybridized carbons (Fsp3) is 0.200. The number of rotatable bonds is 5. The van der Waals surface area contributed by atoms with Gasteiger partial charge in [0.15, 0.2) is 0 Å². The molecule has 0 aliphatic heterocycles. The average Bonchev–Trinajstić information content (AvgIpc) is 2.92. The Morgan fingerprint density at radius 3 is 2.65 bits per heavy atom. The largest absolute Gasteiger partial charge is 0.271 e. The van der Waals surface area contributed by atoms with Gasteiger partial charge in [0, 0.05) is 17.0 Å². The molecule has 0 atom stereocenters. The number of amides is 1. The number of carbonyl (C=O) groups is 1. The third-order valence-corrected chi connectivity index (χ3v) is 3.90. The van der Waals surface area contributed by atoms with Gasteiger partial charge in [0.2, 0.25) is 0 Å². The van der Waals surface area contributed by atoms with Crippen molar-refractivity contribution in [2.75, 3.05) is 0 Å². The summed E-state index contributed by atoms with van der Waals surface area (Å²) in [5.41, 5.74) is 7.77. The molecule has 0 aliphatic carbocycles. The highest BCUT2D eigenvalue weighted by Gasteiger charge is 2.07. The molecule has 0 saturated heterocycles. The van der Waals surface area contributed by atoms with Crippen LogP contribution in [0.1, 0.15) is 38.7 Å². The van der Waals surface area contributed by atoms with E-state index < -0.39 is 0 Å². The zero-order valence-electron chi connectivity index (χ0n) is 15.1. The van der Waals surface area contributed by atoms with E-state index in [1.165, 1.54) is 6.21 Å². The molecule has 1 N–H and O–H groups in total. The second-order valence-electron chi connectivity index (χ2n) is 6.19. The van der Waals surface area contributed by atoms with Gasteiger partial charge in [-0.3, -0.25) is 14.5 Å². The number of nitrogens with zero attached hydrogens (tertiary/aromatic N) is 4. The lowest BCUT2D eigenvalue weighted by atomic mass is 10.1. The van der Waals surface area contributed by atoms with Crippen LogP contribution >= 0.6 is 0 Å². The Bertz CT molecular complexity index is 958. The second-order valence-corrected chi connectivity index (χ2v) is 6.19. The van der Waals surface area contributed by atoms with Crippen LogP contribution in [0.4, 0.5) is 0 Å². The molecular weight excluding hydrogens is 326 g/mol. The zero-order chi connectivity index (χ0) is 18.5. The zero-order valence-corrected chi connectivity index (χ0v) is 15.1. The fourth-order valence-electron chi connectivity index (χ4n) is 2.68. The van der Waals surface area contributed by atoms with E-state index in [2.05, 4.69) is 20.6 Å². The van der Waals surface area contributed by atoms with Crippen LogP contribution in [0, 0.1) is 20.8 Å². The molecule has 0 spiro atoms. The van der Waals surface area contributed by atoms with Gasteiger partial charge < -0.3 is 0 Å². The van der Waals surface area contributed by atoms with Crippen LogP contribution in [0.25, 0.3) is 0 Å². The van der Waals surface area contributed by atoms with E-state index in [1.54, 1.807) is 6.07 Å². The van der Waals surface area contributed by atoms with Crippen molar-refractivity contribution in [3.8, 4) is 0 Å². The molecule has 0 fully saturated rings. The summed E-state index contributed by atoms with van der Waals surface area (Å²) in [5, 5.41) is 8.44. The standard InChI is InChI=1S/C20H21N5O/c1-14-6-4-9-19(22-14)12-21-23-20(26)18-8-5-7-17(11-18)13-25-16(3)10-15(2)24-25/h4-12H,13H2,1-3H3,(H,23,26). The molecule has 2 aromatic heterocycles. The molecule has 0 unspecified atom stereocenters. The highest BCUT2D eigenvalue weighted by Crippen LogP contribution is 2.10. The van der Waals surface area contributed by atoms with Gasteiger partial charge in [-0.1, -0.05) is 18.2 Å². The van der Waals surface area contributed by atoms with Crippen molar-refractivity contribution in [2.45, 2.75) is 27.3 Å². The van der Waals surface area contributed by atoms with Crippen LogP contribution in [0.15, 0.2) is 53.6 Å². The molecule has 1 amide bonds. The minimum atomic E-state index is -0.260. The smallest absolute Gasteiger partial charge is 0.267 e. The van der Waals surface area contributed by atoms with E-state index >= 15 is 0 Å². The SMILES string of the molecule is Cc1cccc(C=NNC(=O)c2cccc(Cn3nc(C)cc3C)c2)n1. The topological polar surface area (TPSA) is 72.2 Å². The first-order chi connectivity index (χ1) is 12.5. The average molecular weight is 347 g/mol. The number of hydrogen-bond acceptors (Lipinski definition) is 4. The van der Waals surface area contributed by atoms with Gasteiger partial charge in [-0.25, -0.2) is 5.43 Å². The minimum Gasteiger partial charge on any atom is -0.267 e. The Morgan fingerprint density at radius 1 is 1.12 bits per heavy atom. The summed E-state index contributed by atoms with van der Waals surface area (Å²) in [6, 6.07) is 15.1. The van der Waals surface area contributed by atoms with E-state index in [0.29, 0.717) is 17.8 Å². The predicted octanol–water partition coefficient (Wildman–Crippen LogP) is 3.02. The molecule has 26 heavy (non-hydrogen) atoms. The van der Waals surface area contributed by atoms with Gasteiger partial charge in [0.05, 0.1) is 24.1 Å². The van der Waals surface area contributed by atoms with E-state index in [-0.39, 0.29) is 5.91 Å². The van der Waals surface area contributed by atoms with E-state index in [0.717, 1.165) is 22.6 Å². The lowest BCUT2D eigenvalue weighted by molar-refractivity contribution is 0.0955. The highest BCUT2D eigenvalue weighted by atomic mass is 16.2. The second kappa shape index (κ2) is 7.74. The van der Waals surface area contributed by atoms with Crippen LogP contribution in [-0.4, -0.2) is 26.9 Å². The molecule has 1 aromatic carbocycles. The number of nitrogens with one attached hydrogen (secondary N) is 1. The fourth-order valence-corrected chi connectivity index (χ4v) is 2.68. The lowest BCUT2D eigenvalue weighted by Crippen LogP contribution is -2.18. The molecule has 0 radical (unpaired) electrons. The molecule has 0 aliphatic rings. The van der Waals surface area contributed by atoms with Crippen molar-refractivity contribution in [1.29, 1.82) is 0 Å². The Morgan fingerprint density at radius 2 is 1.92 bits per heavy atom. The quantitative estimate of drug-likeness (QED) is 0.570. The van der Waals surface area contributed by atoms with Crippen molar-refractivity contribution in [3.63, 3.8) is 0 Å². The summed E-state index contributed by atoms with van der Waals surface area (Å²) in [6.07, 6.45) is 1.53. The van der Waals surface area contributed by atoms with Crippen LogP contribution in [0.2, 0.25) is 0 Å². The van der Waals surface area contributed by atoms with Gasteiger partial charge in [-0.05, 0) is 56.7 Å². The van der Waals surface area contributed by atoms with Crippen LogP contribution in [-0.2, 0) is 6.54 Å². The van der Waals surface area contributed by atoms with Gasteiger partial charge in [0.1, 0.15) is 0 Å². The Balaban J connectivity index is 1.67. The molecule has 0 saturated carbocycles. The maximum absolute atomic E-state index is 12.3. The molecule has 2 heterocycles. The number of pyridine rings is 1.